The number of anilines is 2. The molecule has 1 N–H and O–H groups in total. The minimum atomic E-state index is -0.851. The lowest BCUT2D eigenvalue weighted by molar-refractivity contribution is 0.102. The van der Waals surface area contributed by atoms with E-state index in [0.29, 0.717) is 21.8 Å². The zero-order valence-electron chi connectivity index (χ0n) is 17.0. The van der Waals surface area contributed by atoms with E-state index >= 15 is 0 Å². The van der Waals surface area contributed by atoms with Gasteiger partial charge in [0.25, 0.3) is 5.91 Å². The summed E-state index contributed by atoms with van der Waals surface area (Å²) >= 11 is 1.30. The molecule has 2 unspecified atom stereocenters. The number of rotatable bonds is 7. The molecule has 2 heterocycles. The summed E-state index contributed by atoms with van der Waals surface area (Å²) in [5.74, 6) is -1.43. The molecule has 0 spiro atoms. The fourth-order valence-electron chi connectivity index (χ4n) is 4.67. The van der Waals surface area contributed by atoms with Crippen molar-refractivity contribution in [2.45, 2.75) is 44.6 Å². The summed E-state index contributed by atoms with van der Waals surface area (Å²) in [6, 6.07) is 2.10. The standard InChI is InChI=1S/C22H24F3N3O2S.H2/c23-4-3-18-19(27-22(31-18)28-5-1-2-6-28)21(29)26-14-10-16(24)20(17(25)11-14)30-15-8-12-7-13(12)9-15;/h10-13,15H,1-9H2,(H,26,29);1H. The molecule has 5 nitrogen and oxygen atoms in total. The highest BCUT2D eigenvalue weighted by Gasteiger charge is 2.47. The first-order chi connectivity index (χ1) is 15.0. The molecular weight excluding hydrogens is 427 g/mol. The van der Waals surface area contributed by atoms with Crippen LogP contribution >= 0.6 is 11.3 Å². The normalized spacial score (nSPS) is 24.4. The van der Waals surface area contributed by atoms with E-state index in [9.17, 15) is 18.0 Å². The first-order valence-electron chi connectivity index (χ1n) is 10.8. The van der Waals surface area contributed by atoms with Gasteiger partial charge >= 0.3 is 0 Å². The maximum atomic E-state index is 14.5. The molecule has 3 aliphatic rings. The Bertz CT molecular complexity index is 966. The predicted molar refractivity (Wildman–Crippen MR) is 115 cm³/mol. The highest BCUT2D eigenvalue weighted by Crippen LogP contribution is 2.52. The smallest absolute Gasteiger partial charge is 0.275 e. The van der Waals surface area contributed by atoms with Crippen LogP contribution in [-0.2, 0) is 6.42 Å². The van der Waals surface area contributed by atoms with Crippen LogP contribution in [0.1, 0.15) is 48.9 Å². The third kappa shape index (κ3) is 4.24. The third-order valence-corrected chi connectivity index (χ3v) is 7.52. The molecule has 0 bridgehead atoms. The Labute approximate surface area is 184 Å². The van der Waals surface area contributed by atoms with Gasteiger partial charge in [0.2, 0.25) is 0 Å². The molecule has 5 rings (SSSR count). The lowest BCUT2D eigenvalue weighted by Crippen LogP contribution is -2.19. The van der Waals surface area contributed by atoms with Crippen LogP contribution in [0.5, 0.6) is 5.75 Å². The molecule has 0 radical (unpaired) electrons. The van der Waals surface area contributed by atoms with Gasteiger partial charge in [-0.3, -0.25) is 9.18 Å². The number of ether oxygens (including phenoxy) is 1. The largest absolute Gasteiger partial charge is 0.484 e. The van der Waals surface area contributed by atoms with E-state index in [4.69, 9.17) is 4.74 Å². The molecule has 1 aromatic heterocycles. The third-order valence-electron chi connectivity index (χ3n) is 6.34. The molecule has 2 aliphatic carbocycles. The van der Waals surface area contributed by atoms with E-state index in [1.54, 1.807) is 0 Å². The van der Waals surface area contributed by atoms with Crippen molar-refractivity contribution in [3.8, 4) is 5.75 Å². The Hall–Kier alpha value is -2.29. The molecule has 1 aliphatic heterocycles. The van der Waals surface area contributed by atoms with Gasteiger partial charge in [-0.15, -0.1) is 11.3 Å². The van der Waals surface area contributed by atoms with Gasteiger partial charge in [0, 0.05) is 43.6 Å². The molecular formula is C22H26F3N3O2S. The van der Waals surface area contributed by atoms with Crippen molar-refractivity contribution in [1.29, 1.82) is 0 Å². The van der Waals surface area contributed by atoms with E-state index in [-0.39, 0.29) is 25.3 Å². The molecule has 3 fully saturated rings. The molecule has 31 heavy (non-hydrogen) atoms. The van der Waals surface area contributed by atoms with Crippen LogP contribution in [0.25, 0.3) is 0 Å². The predicted octanol–water partition coefficient (Wildman–Crippen LogP) is 5.21. The molecule has 2 saturated carbocycles. The Kier molecular flexibility index (Phi) is 5.54. The number of carbonyl (C=O) groups excluding carboxylic acids is 1. The summed E-state index contributed by atoms with van der Waals surface area (Å²) in [5, 5.41) is 3.19. The van der Waals surface area contributed by atoms with Crippen LogP contribution in [0.3, 0.4) is 0 Å². The SMILES string of the molecule is O=C(Nc1cc(F)c(OC2CC3CC3C2)c(F)c1)c1nc(N2CCCC2)sc1CCF.[HH]. The van der Waals surface area contributed by atoms with E-state index in [0.717, 1.165) is 50.9 Å². The number of thiazole rings is 1. The zero-order chi connectivity index (χ0) is 21.5. The van der Waals surface area contributed by atoms with Crippen molar-refractivity contribution in [3.63, 3.8) is 0 Å². The van der Waals surface area contributed by atoms with E-state index in [1.165, 1.54) is 17.8 Å². The summed E-state index contributed by atoms with van der Waals surface area (Å²) in [6.45, 7) is 1.09. The number of benzene rings is 1. The molecule has 1 aromatic carbocycles. The Morgan fingerprint density at radius 3 is 2.52 bits per heavy atom. The zero-order valence-corrected chi connectivity index (χ0v) is 17.8. The van der Waals surface area contributed by atoms with Crippen LogP contribution in [0, 0.1) is 23.5 Å². The number of aryl methyl sites for hydroxylation is 1. The monoisotopic (exact) mass is 453 g/mol. The van der Waals surface area contributed by atoms with Crippen LogP contribution in [0.4, 0.5) is 24.0 Å². The number of fused-ring (bicyclic) bond motifs is 1. The van der Waals surface area contributed by atoms with Gasteiger partial charge in [-0.25, -0.2) is 13.8 Å². The molecule has 168 valence electrons. The first-order valence-corrected chi connectivity index (χ1v) is 11.6. The number of nitrogens with one attached hydrogen (secondary N) is 1. The van der Waals surface area contributed by atoms with Crippen molar-refractivity contribution in [3.05, 3.63) is 34.3 Å². The Morgan fingerprint density at radius 1 is 1.19 bits per heavy atom. The average molecular weight is 454 g/mol. The summed E-state index contributed by atoms with van der Waals surface area (Å²) in [5.41, 5.74) is 0.0828. The van der Waals surface area contributed by atoms with Crippen molar-refractivity contribution in [2.24, 2.45) is 11.8 Å². The van der Waals surface area contributed by atoms with Gasteiger partial charge in [0.1, 0.15) is 5.69 Å². The minimum absolute atomic E-state index is 0. The lowest BCUT2D eigenvalue weighted by atomic mass is 10.2. The number of alkyl halides is 1. The van der Waals surface area contributed by atoms with Gasteiger partial charge in [0.05, 0.1) is 12.8 Å². The van der Waals surface area contributed by atoms with Gasteiger partial charge < -0.3 is 15.0 Å². The molecule has 9 heteroatoms. The summed E-state index contributed by atoms with van der Waals surface area (Å²) in [4.78, 5) is 19.8. The second-order valence-corrected chi connectivity index (χ2v) is 9.65. The van der Waals surface area contributed by atoms with Crippen LogP contribution in [-0.4, -0.2) is 36.8 Å². The minimum Gasteiger partial charge on any atom is -0.484 e. The van der Waals surface area contributed by atoms with E-state index in [2.05, 4.69) is 15.2 Å². The number of hydrogen-bond donors (Lipinski definition) is 1. The average Bonchev–Trinajstić information content (AvgIpc) is 3.17. The van der Waals surface area contributed by atoms with Crippen LogP contribution < -0.4 is 15.0 Å². The van der Waals surface area contributed by atoms with Crippen molar-refractivity contribution < 1.29 is 24.1 Å². The lowest BCUT2D eigenvalue weighted by Gasteiger charge is -2.17. The fraction of sp³-hybridized carbons (Fsp3) is 0.545. The second kappa shape index (κ2) is 8.33. The van der Waals surface area contributed by atoms with Crippen molar-refractivity contribution >= 4 is 28.1 Å². The summed E-state index contributed by atoms with van der Waals surface area (Å²) in [7, 11) is 0. The Balaban J connectivity index is 0.00000245. The summed E-state index contributed by atoms with van der Waals surface area (Å²) < 4.78 is 47.7. The number of halogens is 3. The quantitative estimate of drug-likeness (QED) is 0.625. The second-order valence-electron chi connectivity index (χ2n) is 8.59. The maximum Gasteiger partial charge on any atom is 0.275 e. The topological polar surface area (TPSA) is 54.5 Å². The van der Waals surface area contributed by atoms with Crippen molar-refractivity contribution in [2.75, 3.05) is 30.0 Å². The molecule has 1 amide bonds. The fourth-order valence-corrected chi connectivity index (χ4v) is 5.76. The number of nitrogens with zero attached hydrogens (tertiary/aromatic N) is 2. The number of aromatic nitrogens is 1. The number of amides is 1. The number of hydrogen-bond acceptors (Lipinski definition) is 5. The van der Waals surface area contributed by atoms with E-state index < -0.39 is 30.0 Å². The molecule has 1 saturated heterocycles. The first kappa shape index (κ1) is 20.6. The van der Waals surface area contributed by atoms with Crippen molar-refractivity contribution in [1.82, 2.24) is 4.98 Å². The van der Waals surface area contributed by atoms with Gasteiger partial charge in [-0.05, 0) is 43.9 Å². The Morgan fingerprint density at radius 2 is 1.87 bits per heavy atom. The van der Waals surface area contributed by atoms with Gasteiger partial charge in [-0.2, -0.15) is 0 Å². The molecule has 2 atom stereocenters. The van der Waals surface area contributed by atoms with E-state index in [1.807, 2.05) is 0 Å². The van der Waals surface area contributed by atoms with Gasteiger partial charge in [0.15, 0.2) is 22.5 Å². The maximum absolute atomic E-state index is 14.5. The highest BCUT2D eigenvalue weighted by molar-refractivity contribution is 7.16. The van der Waals surface area contributed by atoms with Gasteiger partial charge in [-0.1, -0.05) is 0 Å². The van der Waals surface area contributed by atoms with Crippen LogP contribution in [0.2, 0.25) is 0 Å². The molecule has 2 aromatic rings. The number of carbonyl (C=O) groups is 1. The van der Waals surface area contributed by atoms with Crippen LogP contribution in [0.15, 0.2) is 12.1 Å². The summed E-state index contributed by atoms with van der Waals surface area (Å²) in [6.07, 6.45) is 4.88. The highest BCUT2D eigenvalue weighted by atomic mass is 32.1.